The SMILES string of the molecule is CC(Cl)c1nc2cc(Br)c(F)cc2n1CC1CC1C. The smallest absolute Gasteiger partial charge is 0.139 e. The van der Waals surface area contributed by atoms with Crippen molar-refractivity contribution in [1.29, 1.82) is 0 Å². The van der Waals surface area contributed by atoms with Gasteiger partial charge in [-0.15, -0.1) is 11.6 Å². The van der Waals surface area contributed by atoms with Crippen molar-refractivity contribution in [2.45, 2.75) is 32.2 Å². The van der Waals surface area contributed by atoms with E-state index in [1.54, 1.807) is 12.1 Å². The number of aromatic nitrogens is 2. The number of nitrogens with zero attached hydrogens (tertiary/aromatic N) is 2. The van der Waals surface area contributed by atoms with Crippen molar-refractivity contribution < 1.29 is 4.39 Å². The third-order valence-electron chi connectivity index (χ3n) is 3.87. The van der Waals surface area contributed by atoms with E-state index in [0.29, 0.717) is 10.4 Å². The van der Waals surface area contributed by atoms with Gasteiger partial charge in [-0.3, -0.25) is 0 Å². The molecule has 1 aliphatic rings. The lowest BCUT2D eigenvalue weighted by molar-refractivity contribution is 0.579. The summed E-state index contributed by atoms with van der Waals surface area (Å²) < 4.78 is 16.3. The molecule has 2 nitrogen and oxygen atoms in total. The van der Waals surface area contributed by atoms with Crippen molar-refractivity contribution in [1.82, 2.24) is 9.55 Å². The molecule has 1 aromatic heterocycles. The summed E-state index contributed by atoms with van der Waals surface area (Å²) in [6, 6.07) is 3.27. The predicted octanol–water partition coefficient (Wildman–Crippen LogP) is 4.89. The molecule has 0 bridgehead atoms. The summed E-state index contributed by atoms with van der Waals surface area (Å²) in [5, 5.41) is -0.178. The Morgan fingerprint density at radius 3 is 2.84 bits per heavy atom. The molecule has 0 amide bonds. The molecule has 0 spiro atoms. The molecule has 102 valence electrons. The second-order valence-electron chi connectivity index (χ2n) is 5.42. The summed E-state index contributed by atoms with van der Waals surface area (Å²) in [6.07, 6.45) is 1.23. The van der Waals surface area contributed by atoms with Crippen LogP contribution in [0.2, 0.25) is 0 Å². The molecular weight excluding hydrogens is 331 g/mol. The van der Waals surface area contributed by atoms with Crippen LogP contribution in [0.25, 0.3) is 11.0 Å². The molecule has 0 aliphatic heterocycles. The first-order valence-electron chi connectivity index (χ1n) is 6.46. The molecule has 0 N–H and O–H groups in total. The van der Waals surface area contributed by atoms with Gasteiger partial charge < -0.3 is 4.57 Å². The van der Waals surface area contributed by atoms with E-state index >= 15 is 0 Å². The molecule has 1 fully saturated rings. The van der Waals surface area contributed by atoms with Crippen LogP contribution in [0.15, 0.2) is 16.6 Å². The Morgan fingerprint density at radius 2 is 2.26 bits per heavy atom. The number of halogens is 3. The van der Waals surface area contributed by atoms with E-state index in [4.69, 9.17) is 11.6 Å². The van der Waals surface area contributed by atoms with Crippen LogP contribution in [0, 0.1) is 17.7 Å². The minimum atomic E-state index is -0.258. The van der Waals surface area contributed by atoms with Gasteiger partial charge in [0, 0.05) is 12.6 Å². The largest absolute Gasteiger partial charge is 0.326 e. The lowest BCUT2D eigenvalue weighted by Crippen LogP contribution is -2.06. The maximum absolute atomic E-state index is 13.7. The number of imidazole rings is 1. The van der Waals surface area contributed by atoms with E-state index in [0.717, 1.165) is 29.3 Å². The van der Waals surface area contributed by atoms with Gasteiger partial charge in [0.2, 0.25) is 0 Å². The van der Waals surface area contributed by atoms with Crippen molar-refractivity contribution in [3.63, 3.8) is 0 Å². The number of hydrogen-bond acceptors (Lipinski definition) is 1. The van der Waals surface area contributed by atoms with E-state index in [2.05, 4.69) is 32.4 Å². The Balaban J connectivity index is 2.14. The maximum Gasteiger partial charge on any atom is 0.139 e. The van der Waals surface area contributed by atoms with Crippen LogP contribution in [-0.4, -0.2) is 9.55 Å². The third-order valence-corrected chi connectivity index (χ3v) is 4.67. The van der Waals surface area contributed by atoms with Gasteiger partial charge in [0.05, 0.1) is 20.9 Å². The molecule has 2 aromatic rings. The first-order chi connectivity index (χ1) is 8.97. The van der Waals surface area contributed by atoms with Gasteiger partial charge in [-0.2, -0.15) is 0 Å². The number of rotatable bonds is 3. The minimum absolute atomic E-state index is 0.178. The molecule has 0 radical (unpaired) electrons. The Hall–Kier alpha value is -0.610. The quantitative estimate of drug-likeness (QED) is 0.724. The van der Waals surface area contributed by atoms with Gasteiger partial charge in [0.1, 0.15) is 11.6 Å². The van der Waals surface area contributed by atoms with Crippen LogP contribution >= 0.6 is 27.5 Å². The van der Waals surface area contributed by atoms with Crippen molar-refractivity contribution in [2.75, 3.05) is 0 Å². The fourth-order valence-corrected chi connectivity index (χ4v) is 3.02. The average Bonchev–Trinajstić information content (AvgIpc) is 2.91. The molecule has 3 atom stereocenters. The minimum Gasteiger partial charge on any atom is -0.326 e. The van der Waals surface area contributed by atoms with Crippen LogP contribution in [-0.2, 0) is 6.54 Å². The predicted molar refractivity (Wildman–Crippen MR) is 78.9 cm³/mol. The summed E-state index contributed by atoms with van der Waals surface area (Å²) >= 11 is 9.41. The summed E-state index contributed by atoms with van der Waals surface area (Å²) in [4.78, 5) is 4.55. The molecule has 1 heterocycles. The fraction of sp³-hybridized carbons (Fsp3) is 0.500. The zero-order valence-corrected chi connectivity index (χ0v) is 13.2. The molecule has 1 aromatic carbocycles. The standard InChI is InChI=1S/C14H15BrClFN2/c1-7-3-9(7)6-19-13-5-11(17)10(15)4-12(13)18-14(19)8(2)16/h4-5,7-9H,3,6H2,1-2H3. The Morgan fingerprint density at radius 1 is 1.58 bits per heavy atom. The number of benzene rings is 1. The fourth-order valence-electron chi connectivity index (χ4n) is 2.52. The first kappa shape index (κ1) is 13.4. The summed E-state index contributed by atoms with van der Waals surface area (Å²) in [7, 11) is 0. The second-order valence-corrected chi connectivity index (χ2v) is 6.93. The van der Waals surface area contributed by atoms with Crippen molar-refractivity contribution in [3.05, 3.63) is 28.2 Å². The molecule has 3 rings (SSSR count). The molecule has 1 saturated carbocycles. The van der Waals surface area contributed by atoms with E-state index in [-0.39, 0.29) is 11.2 Å². The Kier molecular flexibility index (Phi) is 3.34. The van der Waals surface area contributed by atoms with E-state index in [9.17, 15) is 4.39 Å². The maximum atomic E-state index is 13.7. The Labute approximate surface area is 125 Å². The van der Waals surface area contributed by atoms with Crippen LogP contribution < -0.4 is 0 Å². The molecule has 3 unspecified atom stereocenters. The monoisotopic (exact) mass is 344 g/mol. The third kappa shape index (κ3) is 2.40. The lowest BCUT2D eigenvalue weighted by atomic mass is 10.3. The highest BCUT2D eigenvalue weighted by molar-refractivity contribution is 9.10. The van der Waals surface area contributed by atoms with Gasteiger partial charge in [-0.05, 0) is 47.2 Å². The zero-order chi connectivity index (χ0) is 13.7. The van der Waals surface area contributed by atoms with Crippen LogP contribution in [0.5, 0.6) is 0 Å². The summed E-state index contributed by atoms with van der Waals surface area (Å²) in [5.74, 6) is 1.98. The second kappa shape index (κ2) is 4.74. The molecule has 5 heteroatoms. The van der Waals surface area contributed by atoms with Gasteiger partial charge in [-0.1, -0.05) is 6.92 Å². The van der Waals surface area contributed by atoms with Crippen LogP contribution in [0.3, 0.4) is 0 Å². The van der Waals surface area contributed by atoms with Gasteiger partial charge in [0.15, 0.2) is 0 Å². The van der Waals surface area contributed by atoms with Crippen molar-refractivity contribution in [2.24, 2.45) is 11.8 Å². The summed E-state index contributed by atoms with van der Waals surface area (Å²) in [6.45, 7) is 5.02. The highest BCUT2D eigenvalue weighted by Gasteiger charge is 2.34. The normalized spacial score (nSPS) is 23.8. The topological polar surface area (TPSA) is 17.8 Å². The van der Waals surface area contributed by atoms with Gasteiger partial charge >= 0.3 is 0 Å². The zero-order valence-electron chi connectivity index (χ0n) is 10.8. The summed E-state index contributed by atoms with van der Waals surface area (Å²) in [5.41, 5.74) is 1.63. The van der Waals surface area contributed by atoms with Crippen molar-refractivity contribution >= 4 is 38.6 Å². The lowest BCUT2D eigenvalue weighted by Gasteiger charge is -2.10. The van der Waals surface area contributed by atoms with Crippen LogP contribution in [0.1, 0.15) is 31.5 Å². The number of hydrogen-bond donors (Lipinski definition) is 0. The number of fused-ring (bicyclic) bond motifs is 1. The van der Waals surface area contributed by atoms with E-state index in [1.165, 1.54) is 6.42 Å². The van der Waals surface area contributed by atoms with Gasteiger partial charge in [-0.25, -0.2) is 9.37 Å². The van der Waals surface area contributed by atoms with Gasteiger partial charge in [0.25, 0.3) is 0 Å². The highest BCUT2D eigenvalue weighted by Crippen LogP contribution is 2.40. The molecule has 1 aliphatic carbocycles. The molecular formula is C14H15BrClFN2. The van der Waals surface area contributed by atoms with Crippen molar-refractivity contribution in [3.8, 4) is 0 Å². The Bertz CT molecular complexity index is 638. The van der Waals surface area contributed by atoms with E-state index < -0.39 is 0 Å². The molecule has 0 saturated heterocycles. The van der Waals surface area contributed by atoms with Crippen LogP contribution in [0.4, 0.5) is 4.39 Å². The molecule has 19 heavy (non-hydrogen) atoms. The van der Waals surface area contributed by atoms with E-state index in [1.807, 2.05) is 6.92 Å². The first-order valence-corrected chi connectivity index (χ1v) is 7.69. The highest BCUT2D eigenvalue weighted by atomic mass is 79.9. The number of alkyl halides is 1. The average molecular weight is 346 g/mol.